The first-order valence-electron chi connectivity index (χ1n) is 7.47. The van der Waals surface area contributed by atoms with E-state index in [-0.39, 0.29) is 23.1 Å². The molecule has 2 heterocycles. The Bertz CT molecular complexity index is 757. The molecule has 1 aromatic heterocycles. The fourth-order valence-corrected chi connectivity index (χ4v) is 4.13. The molecular weight excluding hydrogens is 316 g/mol. The predicted molar refractivity (Wildman–Crippen MR) is 84.4 cm³/mol. The van der Waals surface area contributed by atoms with Gasteiger partial charge in [-0.2, -0.15) is 4.31 Å². The van der Waals surface area contributed by atoms with Gasteiger partial charge in [-0.3, -0.25) is 4.79 Å². The van der Waals surface area contributed by atoms with Crippen LogP contribution in [0.3, 0.4) is 0 Å². The Morgan fingerprint density at radius 1 is 0.957 bits per heavy atom. The van der Waals surface area contributed by atoms with Crippen molar-refractivity contribution in [2.24, 2.45) is 0 Å². The molecule has 0 aliphatic carbocycles. The van der Waals surface area contributed by atoms with Gasteiger partial charge in [0.25, 0.3) is 5.91 Å². The zero-order valence-electron chi connectivity index (χ0n) is 12.6. The molecule has 1 amide bonds. The van der Waals surface area contributed by atoms with Gasteiger partial charge in [0.2, 0.25) is 10.0 Å². The standard InChI is InChI=1S/C16H18N2O4S/c19-16(15-8-4-13-22-15)17-9-5-10-18(12-11-17)23(20,21)14-6-2-1-3-7-14/h1-4,6-8,13H,5,9-12H2. The summed E-state index contributed by atoms with van der Waals surface area (Å²) >= 11 is 0. The van der Waals surface area contributed by atoms with E-state index in [9.17, 15) is 13.2 Å². The van der Waals surface area contributed by atoms with Crippen LogP contribution in [0.2, 0.25) is 0 Å². The molecule has 0 atom stereocenters. The molecule has 23 heavy (non-hydrogen) atoms. The second-order valence-electron chi connectivity index (χ2n) is 5.34. The molecule has 0 spiro atoms. The Balaban J connectivity index is 1.73. The number of hydrogen-bond acceptors (Lipinski definition) is 4. The van der Waals surface area contributed by atoms with Crippen molar-refractivity contribution < 1.29 is 17.6 Å². The van der Waals surface area contributed by atoms with Gasteiger partial charge in [-0.1, -0.05) is 18.2 Å². The van der Waals surface area contributed by atoms with E-state index in [0.717, 1.165) is 0 Å². The number of furan rings is 1. The molecule has 122 valence electrons. The second-order valence-corrected chi connectivity index (χ2v) is 7.28. The topological polar surface area (TPSA) is 70.8 Å². The van der Waals surface area contributed by atoms with Gasteiger partial charge in [-0.15, -0.1) is 0 Å². The van der Waals surface area contributed by atoms with Crippen molar-refractivity contribution >= 4 is 15.9 Å². The van der Waals surface area contributed by atoms with Gasteiger partial charge < -0.3 is 9.32 Å². The normalized spacial score (nSPS) is 17.0. The van der Waals surface area contributed by atoms with Gasteiger partial charge in [0.05, 0.1) is 11.2 Å². The lowest BCUT2D eigenvalue weighted by atomic mass is 10.3. The van der Waals surface area contributed by atoms with E-state index >= 15 is 0 Å². The average Bonchev–Trinajstić information content (AvgIpc) is 2.99. The third-order valence-electron chi connectivity index (χ3n) is 3.86. The van der Waals surface area contributed by atoms with E-state index in [1.807, 2.05) is 0 Å². The summed E-state index contributed by atoms with van der Waals surface area (Å²) in [6, 6.07) is 11.7. The SMILES string of the molecule is O=C(c1ccco1)N1CCCN(S(=O)(=O)c2ccccc2)CC1. The van der Waals surface area contributed by atoms with Crippen LogP contribution in [0.4, 0.5) is 0 Å². The fraction of sp³-hybridized carbons (Fsp3) is 0.312. The molecule has 0 saturated carbocycles. The average molecular weight is 334 g/mol. The summed E-state index contributed by atoms with van der Waals surface area (Å²) in [4.78, 5) is 14.2. The zero-order valence-corrected chi connectivity index (χ0v) is 13.4. The monoisotopic (exact) mass is 334 g/mol. The molecule has 1 aliphatic rings. The van der Waals surface area contributed by atoms with Gasteiger partial charge in [0, 0.05) is 26.2 Å². The lowest BCUT2D eigenvalue weighted by Crippen LogP contribution is -2.37. The van der Waals surface area contributed by atoms with Crippen molar-refractivity contribution in [1.29, 1.82) is 0 Å². The van der Waals surface area contributed by atoms with Gasteiger partial charge in [-0.25, -0.2) is 8.42 Å². The summed E-state index contributed by atoms with van der Waals surface area (Å²) in [6.07, 6.45) is 2.05. The third-order valence-corrected chi connectivity index (χ3v) is 5.77. The van der Waals surface area contributed by atoms with Crippen molar-refractivity contribution in [3.8, 4) is 0 Å². The van der Waals surface area contributed by atoms with Crippen LogP contribution in [0.25, 0.3) is 0 Å². The Morgan fingerprint density at radius 3 is 2.43 bits per heavy atom. The van der Waals surface area contributed by atoms with Crippen LogP contribution in [-0.2, 0) is 10.0 Å². The summed E-state index contributed by atoms with van der Waals surface area (Å²) < 4.78 is 31.9. The quantitative estimate of drug-likeness (QED) is 0.858. The smallest absolute Gasteiger partial charge is 0.289 e. The van der Waals surface area contributed by atoms with Crippen LogP contribution in [0.15, 0.2) is 58.0 Å². The number of rotatable bonds is 3. The van der Waals surface area contributed by atoms with Crippen molar-refractivity contribution in [3.05, 3.63) is 54.5 Å². The Labute approximate surface area is 135 Å². The Hall–Kier alpha value is -2.12. The van der Waals surface area contributed by atoms with Crippen molar-refractivity contribution in [3.63, 3.8) is 0 Å². The molecule has 0 bridgehead atoms. The van der Waals surface area contributed by atoms with Crippen molar-refractivity contribution in [1.82, 2.24) is 9.21 Å². The van der Waals surface area contributed by atoms with E-state index in [2.05, 4.69) is 0 Å². The third kappa shape index (κ3) is 3.30. The molecule has 0 N–H and O–H groups in total. The number of carbonyl (C=O) groups excluding carboxylic acids is 1. The van der Waals surface area contributed by atoms with Gasteiger partial charge in [0.15, 0.2) is 5.76 Å². The maximum absolute atomic E-state index is 12.6. The first-order valence-corrected chi connectivity index (χ1v) is 8.91. The maximum Gasteiger partial charge on any atom is 0.289 e. The van der Waals surface area contributed by atoms with Gasteiger partial charge in [-0.05, 0) is 30.7 Å². The van der Waals surface area contributed by atoms with E-state index in [1.54, 1.807) is 47.4 Å². The molecule has 6 nitrogen and oxygen atoms in total. The molecule has 3 rings (SSSR count). The van der Waals surface area contributed by atoms with Crippen molar-refractivity contribution in [2.75, 3.05) is 26.2 Å². The van der Waals surface area contributed by atoms with Crippen LogP contribution >= 0.6 is 0 Å². The lowest BCUT2D eigenvalue weighted by molar-refractivity contribution is 0.0732. The predicted octanol–water partition coefficient (Wildman–Crippen LogP) is 1.82. The highest BCUT2D eigenvalue weighted by atomic mass is 32.2. The van der Waals surface area contributed by atoms with E-state index in [4.69, 9.17) is 4.42 Å². The number of amides is 1. The first-order chi connectivity index (χ1) is 11.1. The number of benzene rings is 1. The molecule has 1 aliphatic heterocycles. The van der Waals surface area contributed by atoms with Gasteiger partial charge in [0.1, 0.15) is 0 Å². The number of nitrogens with zero attached hydrogens (tertiary/aromatic N) is 2. The summed E-state index contributed by atoms with van der Waals surface area (Å²) in [5, 5.41) is 0. The summed E-state index contributed by atoms with van der Waals surface area (Å²) in [5.74, 6) is 0.0818. The Morgan fingerprint density at radius 2 is 1.74 bits per heavy atom. The minimum atomic E-state index is -3.52. The van der Waals surface area contributed by atoms with Gasteiger partial charge >= 0.3 is 0 Å². The highest BCUT2D eigenvalue weighted by Gasteiger charge is 2.28. The second kappa shape index (κ2) is 6.55. The molecule has 0 radical (unpaired) electrons. The minimum Gasteiger partial charge on any atom is -0.459 e. The number of carbonyl (C=O) groups is 1. The summed E-state index contributed by atoms with van der Waals surface area (Å²) in [7, 11) is -3.52. The molecule has 1 fully saturated rings. The van der Waals surface area contributed by atoms with E-state index in [1.165, 1.54) is 10.6 Å². The molecule has 1 aromatic carbocycles. The Kier molecular flexibility index (Phi) is 4.49. The molecule has 1 saturated heterocycles. The zero-order chi connectivity index (χ0) is 16.3. The minimum absolute atomic E-state index is 0.200. The highest BCUT2D eigenvalue weighted by molar-refractivity contribution is 7.89. The summed E-state index contributed by atoms with van der Waals surface area (Å²) in [6.45, 7) is 1.55. The lowest BCUT2D eigenvalue weighted by Gasteiger charge is -2.21. The van der Waals surface area contributed by atoms with Crippen LogP contribution in [0.1, 0.15) is 17.0 Å². The molecule has 2 aromatic rings. The van der Waals surface area contributed by atoms with E-state index < -0.39 is 10.0 Å². The van der Waals surface area contributed by atoms with Crippen LogP contribution in [0, 0.1) is 0 Å². The van der Waals surface area contributed by atoms with Crippen LogP contribution in [-0.4, -0.2) is 49.7 Å². The first kappa shape index (κ1) is 15.8. The van der Waals surface area contributed by atoms with Crippen LogP contribution in [0.5, 0.6) is 0 Å². The van der Waals surface area contributed by atoms with E-state index in [0.29, 0.717) is 26.1 Å². The highest BCUT2D eigenvalue weighted by Crippen LogP contribution is 2.18. The fourth-order valence-electron chi connectivity index (χ4n) is 2.63. The maximum atomic E-state index is 12.6. The number of hydrogen-bond donors (Lipinski definition) is 0. The summed E-state index contributed by atoms with van der Waals surface area (Å²) in [5.41, 5.74) is 0. The molecule has 0 unspecified atom stereocenters. The number of sulfonamides is 1. The van der Waals surface area contributed by atoms with Crippen molar-refractivity contribution in [2.45, 2.75) is 11.3 Å². The molecular formula is C16H18N2O4S. The largest absolute Gasteiger partial charge is 0.459 e. The molecule has 7 heteroatoms. The van der Waals surface area contributed by atoms with Crippen LogP contribution < -0.4 is 0 Å².